The van der Waals surface area contributed by atoms with E-state index in [1.54, 1.807) is 0 Å². The quantitative estimate of drug-likeness (QED) is 0.161. The SMILES string of the molecule is c1ccc(CCC(c2ccc(-c3ccc(-c4ccccc4)cc3)cc2)c2ccc(-c3ccc4sc5ccccc5c4c3)cc2)cc1. The molecule has 0 radical (unpaired) electrons. The first kappa shape index (κ1) is 28.2. The highest BCUT2D eigenvalue weighted by Crippen LogP contribution is 2.37. The van der Waals surface area contributed by atoms with Crippen molar-refractivity contribution in [2.45, 2.75) is 18.8 Å². The van der Waals surface area contributed by atoms with E-state index in [9.17, 15) is 0 Å². The van der Waals surface area contributed by atoms with E-state index in [1.165, 1.54) is 70.2 Å². The molecule has 1 aromatic heterocycles. The van der Waals surface area contributed by atoms with Gasteiger partial charge in [0.05, 0.1) is 0 Å². The average Bonchev–Trinajstić information content (AvgIpc) is 3.51. The first-order valence-electron chi connectivity index (χ1n) is 16.1. The standard InChI is InChI=1S/C45H34S/c1-3-9-32(10-4-1)15-29-41(38-24-20-36(21-25-38)35-18-16-34(17-19-35)33-11-5-2-6-12-33)39-26-22-37(23-27-39)40-28-30-45-43(31-40)42-13-7-8-14-44(42)46-45/h1-14,16-28,30-31,41H,15,29H2. The number of rotatable bonds is 8. The topological polar surface area (TPSA) is 0 Å². The van der Waals surface area contributed by atoms with Gasteiger partial charge in [0.15, 0.2) is 0 Å². The molecule has 1 heterocycles. The van der Waals surface area contributed by atoms with Crippen LogP contribution in [0.2, 0.25) is 0 Å². The van der Waals surface area contributed by atoms with E-state index in [0.717, 1.165) is 12.8 Å². The summed E-state index contributed by atoms with van der Waals surface area (Å²) in [6.45, 7) is 0. The second kappa shape index (κ2) is 12.6. The largest absolute Gasteiger partial charge is 0.135 e. The minimum Gasteiger partial charge on any atom is -0.135 e. The van der Waals surface area contributed by atoms with Crippen LogP contribution in [0.4, 0.5) is 0 Å². The third kappa shape index (κ3) is 5.78. The molecule has 1 unspecified atom stereocenters. The number of hydrogen-bond acceptors (Lipinski definition) is 1. The van der Waals surface area contributed by atoms with Gasteiger partial charge in [-0.05, 0) is 81.1 Å². The van der Waals surface area contributed by atoms with Crippen LogP contribution >= 0.6 is 11.3 Å². The van der Waals surface area contributed by atoms with Gasteiger partial charge in [0, 0.05) is 26.1 Å². The van der Waals surface area contributed by atoms with Crippen molar-refractivity contribution in [2.24, 2.45) is 0 Å². The van der Waals surface area contributed by atoms with E-state index in [4.69, 9.17) is 0 Å². The minimum absolute atomic E-state index is 0.312. The Morgan fingerprint density at radius 2 is 0.826 bits per heavy atom. The van der Waals surface area contributed by atoms with Gasteiger partial charge in [-0.25, -0.2) is 0 Å². The van der Waals surface area contributed by atoms with Gasteiger partial charge in [-0.2, -0.15) is 0 Å². The van der Waals surface area contributed by atoms with Gasteiger partial charge in [-0.3, -0.25) is 0 Å². The van der Waals surface area contributed by atoms with Crippen LogP contribution in [0.5, 0.6) is 0 Å². The molecule has 0 spiro atoms. The van der Waals surface area contributed by atoms with Gasteiger partial charge in [0.2, 0.25) is 0 Å². The van der Waals surface area contributed by atoms with Crippen molar-refractivity contribution in [2.75, 3.05) is 0 Å². The molecule has 8 rings (SSSR count). The molecule has 0 bridgehead atoms. The molecular weight excluding hydrogens is 573 g/mol. The molecule has 1 heteroatoms. The number of fused-ring (bicyclic) bond motifs is 3. The summed E-state index contributed by atoms with van der Waals surface area (Å²) < 4.78 is 2.69. The fraction of sp³-hybridized carbons (Fsp3) is 0.0667. The Hall–Kier alpha value is -5.24. The van der Waals surface area contributed by atoms with Crippen LogP contribution < -0.4 is 0 Å². The second-order valence-electron chi connectivity index (χ2n) is 12.1. The van der Waals surface area contributed by atoms with Crippen LogP contribution in [-0.2, 0) is 6.42 Å². The van der Waals surface area contributed by atoms with E-state index in [2.05, 4.69) is 176 Å². The van der Waals surface area contributed by atoms with Crippen LogP contribution in [0.1, 0.15) is 29.0 Å². The molecule has 0 aliphatic rings. The van der Waals surface area contributed by atoms with Crippen LogP contribution in [0.25, 0.3) is 53.6 Å². The lowest BCUT2D eigenvalue weighted by atomic mass is 9.85. The Bertz CT molecular complexity index is 2210. The summed E-state index contributed by atoms with van der Waals surface area (Å²) in [5.74, 6) is 0.312. The number of benzene rings is 7. The summed E-state index contributed by atoms with van der Waals surface area (Å²) in [6, 6.07) is 64.5. The van der Waals surface area contributed by atoms with Gasteiger partial charge >= 0.3 is 0 Å². The molecule has 0 saturated carbocycles. The Kier molecular flexibility index (Phi) is 7.76. The molecule has 0 fully saturated rings. The van der Waals surface area contributed by atoms with Gasteiger partial charge in [-0.1, -0.05) is 158 Å². The van der Waals surface area contributed by atoms with E-state index in [0.29, 0.717) is 5.92 Å². The van der Waals surface area contributed by atoms with E-state index in [1.807, 2.05) is 11.3 Å². The zero-order valence-corrected chi connectivity index (χ0v) is 26.5. The highest BCUT2D eigenvalue weighted by Gasteiger charge is 2.16. The summed E-state index contributed by atoms with van der Waals surface area (Å²) in [4.78, 5) is 0. The molecule has 0 nitrogen and oxygen atoms in total. The first-order valence-corrected chi connectivity index (χ1v) is 16.9. The van der Waals surface area contributed by atoms with Crippen LogP contribution in [-0.4, -0.2) is 0 Å². The Balaban J connectivity index is 1.08. The predicted octanol–water partition coefficient (Wildman–Crippen LogP) is 12.8. The smallest absolute Gasteiger partial charge is 0.0355 e. The lowest BCUT2D eigenvalue weighted by Gasteiger charge is -2.19. The molecule has 7 aromatic carbocycles. The molecule has 1 atom stereocenters. The van der Waals surface area contributed by atoms with Crippen molar-refractivity contribution >= 4 is 31.5 Å². The van der Waals surface area contributed by atoms with Gasteiger partial charge in [0.1, 0.15) is 0 Å². The average molecular weight is 607 g/mol. The normalized spacial score (nSPS) is 12.0. The molecule has 46 heavy (non-hydrogen) atoms. The third-order valence-corrected chi connectivity index (χ3v) is 10.4. The van der Waals surface area contributed by atoms with E-state index >= 15 is 0 Å². The molecular formula is C45H34S. The molecule has 0 aliphatic carbocycles. The Labute approximate surface area is 275 Å². The fourth-order valence-corrected chi connectivity index (χ4v) is 7.78. The van der Waals surface area contributed by atoms with Crippen molar-refractivity contribution < 1.29 is 0 Å². The van der Waals surface area contributed by atoms with Crippen LogP contribution in [0, 0.1) is 0 Å². The third-order valence-electron chi connectivity index (χ3n) is 9.23. The molecule has 220 valence electrons. The van der Waals surface area contributed by atoms with Crippen molar-refractivity contribution in [1.82, 2.24) is 0 Å². The van der Waals surface area contributed by atoms with E-state index < -0.39 is 0 Å². The molecule has 0 aliphatic heterocycles. The monoisotopic (exact) mass is 606 g/mol. The maximum absolute atomic E-state index is 2.36. The van der Waals surface area contributed by atoms with Crippen molar-refractivity contribution in [3.05, 3.63) is 193 Å². The van der Waals surface area contributed by atoms with Gasteiger partial charge in [-0.15, -0.1) is 11.3 Å². The van der Waals surface area contributed by atoms with Crippen LogP contribution in [0.15, 0.2) is 176 Å². The molecule has 0 saturated heterocycles. The summed E-state index contributed by atoms with van der Waals surface area (Å²) in [7, 11) is 0. The van der Waals surface area contributed by atoms with Crippen molar-refractivity contribution in [1.29, 1.82) is 0 Å². The molecule has 8 aromatic rings. The zero-order chi connectivity index (χ0) is 30.7. The predicted molar refractivity (Wildman–Crippen MR) is 199 cm³/mol. The number of hydrogen-bond donors (Lipinski definition) is 0. The van der Waals surface area contributed by atoms with E-state index in [-0.39, 0.29) is 0 Å². The highest BCUT2D eigenvalue weighted by molar-refractivity contribution is 7.25. The fourth-order valence-electron chi connectivity index (χ4n) is 6.69. The zero-order valence-electron chi connectivity index (χ0n) is 25.6. The minimum atomic E-state index is 0.312. The summed E-state index contributed by atoms with van der Waals surface area (Å²) in [5.41, 5.74) is 11.6. The number of aryl methyl sites for hydroxylation is 1. The maximum atomic E-state index is 2.36. The van der Waals surface area contributed by atoms with Crippen LogP contribution in [0.3, 0.4) is 0 Å². The number of thiophene rings is 1. The highest BCUT2D eigenvalue weighted by atomic mass is 32.1. The molecule has 0 amide bonds. The Morgan fingerprint density at radius 1 is 0.370 bits per heavy atom. The summed E-state index contributed by atoms with van der Waals surface area (Å²) >= 11 is 1.87. The van der Waals surface area contributed by atoms with Crippen molar-refractivity contribution in [3.8, 4) is 33.4 Å². The maximum Gasteiger partial charge on any atom is 0.0355 e. The second-order valence-corrected chi connectivity index (χ2v) is 13.2. The van der Waals surface area contributed by atoms with Gasteiger partial charge in [0.25, 0.3) is 0 Å². The van der Waals surface area contributed by atoms with Crippen molar-refractivity contribution in [3.63, 3.8) is 0 Å². The summed E-state index contributed by atoms with van der Waals surface area (Å²) in [6.07, 6.45) is 2.10. The molecule has 0 N–H and O–H groups in total. The Morgan fingerprint density at radius 3 is 1.46 bits per heavy atom. The summed E-state index contributed by atoms with van der Waals surface area (Å²) in [5, 5.41) is 2.69. The van der Waals surface area contributed by atoms with Gasteiger partial charge < -0.3 is 0 Å². The lowest BCUT2D eigenvalue weighted by molar-refractivity contribution is 0.715. The first-order chi connectivity index (χ1) is 22.8. The lowest BCUT2D eigenvalue weighted by Crippen LogP contribution is -2.03.